The molecule has 1 aromatic heterocycles. The summed E-state index contributed by atoms with van der Waals surface area (Å²) in [6, 6.07) is 61.8. The molecule has 1 aliphatic rings. The van der Waals surface area contributed by atoms with Crippen LogP contribution in [0, 0.1) is 0 Å². The number of benzene rings is 8. The average molecular weight is 639 g/mol. The molecule has 10 rings (SSSR count). The lowest BCUT2D eigenvalue weighted by molar-refractivity contribution is 0.661. The number of imidazole rings is 1. The lowest BCUT2D eigenvalue weighted by Crippen LogP contribution is -2.14. The van der Waals surface area contributed by atoms with Crippen LogP contribution in [0.5, 0.6) is 0 Å². The Hall–Kier alpha value is -6.25. The predicted molar refractivity (Wildman–Crippen MR) is 210 cm³/mol. The van der Waals surface area contributed by atoms with Crippen molar-refractivity contribution in [1.82, 2.24) is 9.55 Å². The Morgan fingerprint density at radius 2 is 1.04 bits per heavy atom. The van der Waals surface area contributed by atoms with Crippen molar-refractivity contribution in [3.8, 4) is 50.5 Å². The van der Waals surface area contributed by atoms with Crippen LogP contribution in [-0.4, -0.2) is 9.55 Å². The zero-order valence-corrected chi connectivity index (χ0v) is 28.1. The van der Waals surface area contributed by atoms with Crippen LogP contribution in [0.15, 0.2) is 170 Å². The van der Waals surface area contributed by atoms with Crippen LogP contribution < -0.4 is 0 Å². The van der Waals surface area contributed by atoms with Gasteiger partial charge in [0.25, 0.3) is 0 Å². The van der Waals surface area contributed by atoms with E-state index in [1.807, 2.05) is 0 Å². The summed E-state index contributed by atoms with van der Waals surface area (Å²) in [4.78, 5) is 5.22. The first-order valence-corrected chi connectivity index (χ1v) is 17.4. The molecule has 0 saturated carbocycles. The van der Waals surface area contributed by atoms with Crippen molar-refractivity contribution in [2.24, 2.45) is 0 Å². The van der Waals surface area contributed by atoms with Gasteiger partial charge in [-0.25, -0.2) is 4.98 Å². The quantitative estimate of drug-likeness (QED) is 0.175. The first kappa shape index (κ1) is 28.7. The van der Waals surface area contributed by atoms with E-state index in [-0.39, 0.29) is 5.41 Å². The molecule has 9 aromatic rings. The topological polar surface area (TPSA) is 17.8 Å². The number of hydrogen-bond acceptors (Lipinski definition) is 1. The van der Waals surface area contributed by atoms with Gasteiger partial charge in [0.2, 0.25) is 0 Å². The van der Waals surface area contributed by atoms with E-state index in [0.29, 0.717) is 0 Å². The highest BCUT2D eigenvalue weighted by atomic mass is 15.1. The molecule has 0 N–H and O–H groups in total. The summed E-state index contributed by atoms with van der Waals surface area (Å²) in [5, 5.41) is 5.06. The van der Waals surface area contributed by atoms with Gasteiger partial charge >= 0.3 is 0 Å². The second-order valence-electron chi connectivity index (χ2n) is 14.0. The molecular formula is C48H34N2. The number of aromatic nitrogens is 2. The molecule has 0 atom stereocenters. The van der Waals surface area contributed by atoms with Crippen molar-refractivity contribution in [2.45, 2.75) is 19.3 Å². The summed E-state index contributed by atoms with van der Waals surface area (Å²) in [6.45, 7) is 4.74. The summed E-state index contributed by atoms with van der Waals surface area (Å²) in [7, 11) is 0. The van der Waals surface area contributed by atoms with E-state index in [4.69, 9.17) is 4.98 Å². The highest BCUT2D eigenvalue weighted by molar-refractivity contribution is 6.22. The number of fused-ring (bicyclic) bond motifs is 6. The molecule has 0 aliphatic heterocycles. The van der Waals surface area contributed by atoms with Crippen LogP contribution in [0.1, 0.15) is 25.0 Å². The second-order valence-corrected chi connectivity index (χ2v) is 14.0. The fraction of sp³-hybridized carbons (Fsp3) is 0.0625. The zero-order chi connectivity index (χ0) is 33.4. The molecule has 50 heavy (non-hydrogen) atoms. The predicted octanol–water partition coefficient (Wildman–Crippen LogP) is 12.6. The fourth-order valence-corrected chi connectivity index (χ4v) is 8.47. The molecule has 0 spiro atoms. The minimum Gasteiger partial charge on any atom is -0.292 e. The third kappa shape index (κ3) is 4.18. The Labute approximate surface area is 291 Å². The van der Waals surface area contributed by atoms with Crippen molar-refractivity contribution in [3.63, 3.8) is 0 Å². The molecule has 0 bridgehead atoms. The third-order valence-corrected chi connectivity index (χ3v) is 10.8. The highest BCUT2D eigenvalue weighted by Gasteiger charge is 2.36. The second kappa shape index (κ2) is 10.9. The monoisotopic (exact) mass is 638 g/mol. The molecule has 8 aromatic carbocycles. The molecule has 236 valence electrons. The van der Waals surface area contributed by atoms with Crippen molar-refractivity contribution in [1.29, 1.82) is 0 Å². The van der Waals surface area contributed by atoms with Gasteiger partial charge in [-0.1, -0.05) is 141 Å². The minimum atomic E-state index is -0.101. The Bertz CT molecular complexity index is 2770. The van der Waals surface area contributed by atoms with E-state index >= 15 is 0 Å². The summed E-state index contributed by atoms with van der Waals surface area (Å²) >= 11 is 0. The lowest BCUT2D eigenvalue weighted by Gasteiger charge is -2.24. The maximum atomic E-state index is 5.22. The van der Waals surface area contributed by atoms with Gasteiger partial charge in [-0.3, -0.25) is 4.57 Å². The molecule has 1 heterocycles. The summed E-state index contributed by atoms with van der Waals surface area (Å²) < 4.78 is 2.29. The van der Waals surface area contributed by atoms with E-state index < -0.39 is 0 Å². The number of hydrogen-bond donors (Lipinski definition) is 0. The maximum absolute atomic E-state index is 5.22. The van der Waals surface area contributed by atoms with Gasteiger partial charge in [-0.15, -0.1) is 0 Å². The van der Waals surface area contributed by atoms with E-state index in [1.165, 1.54) is 66.1 Å². The van der Waals surface area contributed by atoms with Gasteiger partial charge in [0.15, 0.2) is 0 Å². The summed E-state index contributed by atoms with van der Waals surface area (Å²) in [5.41, 5.74) is 14.6. The van der Waals surface area contributed by atoms with Crippen molar-refractivity contribution >= 4 is 32.6 Å². The standard InChI is InChI=1S/C48H34N2/c1-48(2)41-25-12-11-22-35(41)38-29-39-40(30-42(38)48)45(31-16-5-3-6-17-31)36-23-9-10-24-37(36)46(39)32-18-15-19-33(28-32)47-49-43-26-13-14-27-44(43)50(47)34-20-7-4-8-21-34/h3-30H,1-2H3. The van der Waals surface area contributed by atoms with Gasteiger partial charge in [0.1, 0.15) is 5.82 Å². The van der Waals surface area contributed by atoms with Crippen LogP contribution in [0.2, 0.25) is 0 Å². The minimum absolute atomic E-state index is 0.101. The van der Waals surface area contributed by atoms with Crippen LogP contribution in [0.4, 0.5) is 0 Å². The Kier molecular flexibility index (Phi) is 6.25. The van der Waals surface area contributed by atoms with Crippen LogP contribution >= 0.6 is 0 Å². The van der Waals surface area contributed by atoms with Gasteiger partial charge in [-0.2, -0.15) is 0 Å². The van der Waals surface area contributed by atoms with Crippen LogP contribution in [0.25, 0.3) is 83.0 Å². The third-order valence-electron chi connectivity index (χ3n) is 10.8. The normalized spacial score (nSPS) is 13.2. The first-order chi connectivity index (χ1) is 24.6. The van der Waals surface area contributed by atoms with Crippen LogP contribution in [-0.2, 0) is 5.41 Å². The molecule has 0 saturated heterocycles. The summed E-state index contributed by atoms with van der Waals surface area (Å²) in [6.07, 6.45) is 0. The summed E-state index contributed by atoms with van der Waals surface area (Å²) in [5.74, 6) is 0.935. The van der Waals surface area contributed by atoms with E-state index in [1.54, 1.807) is 0 Å². The molecule has 0 unspecified atom stereocenters. The zero-order valence-electron chi connectivity index (χ0n) is 28.1. The molecule has 2 heteroatoms. The van der Waals surface area contributed by atoms with Gasteiger partial charge in [-0.05, 0) is 109 Å². The first-order valence-electron chi connectivity index (χ1n) is 17.4. The smallest absolute Gasteiger partial charge is 0.145 e. The molecule has 0 radical (unpaired) electrons. The van der Waals surface area contributed by atoms with Gasteiger partial charge in [0, 0.05) is 16.7 Å². The van der Waals surface area contributed by atoms with Gasteiger partial charge < -0.3 is 0 Å². The molecular weight excluding hydrogens is 605 g/mol. The van der Waals surface area contributed by atoms with E-state index in [0.717, 1.165) is 28.1 Å². The van der Waals surface area contributed by atoms with Crippen molar-refractivity contribution in [3.05, 3.63) is 181 Å². The van der Waals surface area contributed by atoms with Crippen molar-refractivity contribution in [2.75, 3.05) is 0 Å². The van der Waals surface area contributed by atoms with E-state index in [9.17, 15) is 0 Å². The Morgan fingerprint density at radius 1 is 0.440 bits per heavy atom. The molecule has 2 nitrogen and oxygen atoms in total. The highest BCUT2D eigenvalue weighted by Crippen LogP contribution is 2.53. The number of nitrogens with zero attached hydrogens (tertiary/aromatic N) is 2. The fourth-order valence-electron chi connectivity index (χ4n) is 8.47. The van der Waals surface area contributed by atoms with Crippen molar-refractivity contribution < 1.29 is 0 Å². The Morgan fingerprint density at radius 3 is 1.84 bits per heavy atom. The van der Waals surface area contributed by atoms with Crippen LogP contribution in [0.3, 0.4) is 0 Å². The Balaban J connectivity index is 1.30. The molecule has 1 aliphatic carbocycles. The average Bonchev–Trinajstić information content (AvgIpc) is 3.66. The lowest BCUT2D eigenvalue weighted by atomic mass is 9.79. The molecule has 0 fully saturated rings. The van der Waals surface area contributed by atoms with Gasteiger partial charge in [0.05, 0.1) is 11.0 Å². The maximum Gasteiger partial charge on any atom is 0.145 e. The largest absolute Gasteiger partial charge is 0.292 e. The number of para-hydroxylation sites is 3. The molecule has 0 amide bonds. The van der Waals surface area contributed by atoms with E-state index in [2.05, 4.69) is 188 Å². The SMILES string of the molecule is CC1(C)c2ccccc2-c2cc3c(-c4cccc(-c5nc6ccccc6n5-c5ccccc5)c4)c4ccccc4c(-c4ccccc4)c3cc21. The number of rotatable bonds is 4.